The Balaban J connectivity index is 2.73. The minimum atomic E-state index is -0.276. The van der Waals surface area contributed by atoms with E-state index in [1.165, 1.54) is 17.9 Å². The molecule has 0 saturated heterocycles. The van der Waals surface area contributed by atoms with Crippen molar-refractivity contribution in [2.24, 2.45) is 0 Å². The van der Waals surface area contributed by atoms with Crippen molar-refractivity contribution >= 4 is 5.97 Å². The van der Waals surface area contributed by atoms with Crippen molar-refractivity contribution in [2.75, 3.05) is 14.1 Å². The number of aryl methyl sites for hydroxylation is 1. The van der Waals surface area contributed by atoms with Crippen molar-refractivity contribution in [3.8, 4) is 0 Å². The monoisotopic (exact) mass is 235 g/mol. The Bertz CT molecular complexity index is 361. The molecule has 0 aromatic heterocycles. The van der Waals surface area contributed by atoms with Crippen LogP contribution in [0.1, 0.15) is 42.1 Å². The molecule has 1 aromatic rings. The zero-order valence-electron chi connectivity index (χ0n) is 10.9. The van der Waals surface area contributed by atoms with E-state index < -0.39 is 0 Å². The summed E-state index contributed by atoms with van der Waals surface area (Å²) < 4.78 is 0. The van der Waals surface area contributed by atoms with E-state index in [2.05, 4.69) is 6.92 Å². The number of hydroxylamine groups is 2. The molecule has 0 aliphatic carbocycles. The van der Waals surface area contributed by atoms with Crippen molar-refractivity contribution < 1.29 is 9.63 Å². The van der Waals surface area contributed by atoms with Gasteiger partial charge >= 0.3 is 5.97 Å². The van der Waals surface area contributed by atoms with E-state index >= 15 is 0 Å². The van der Waals surface area contributed by atoms with Gasteiger partial charge < -0.3 is 4.84 Å². The summed E-state index contributed by atoms with van der Waals surface area (Å²) in [6.07, 6.45) is 4.43. The van der Waals surface area contributed by atoms with E-state index in [0.717, 1.165) is 18.4 Å². The Hall–Kier alpha value is -1.35. The van der Waals surface area contributed by atoms with Crippen LogP contribution in [0.25, 0.3) is 0 Å². The average molecular weight is 235 g/mol. The number of rotatable bonds is 6. The van der Waals surface area contributed by atoms with Gasteiger partial charge in [-0.2, -0.15) is 0 Å². The molecule has 0 atom stereocenters. The molecule has 0 heterocycles. The molecule has 0 fully saturated rings. The van der Waals surface area contributed by atoms with Crippen LogP contribution in [0.4, 0.5) is 0 Å². The maximum Gasteiger partial charge on any atom is 0.357 e. The molecule has 94 valence electrons. The van der Waals surface area contributed by atoms with Crippen LogP contribution in [0.3, 0.4) is 0 Å². The molecule has 3 heteroatoms. The van der Waals surface area contributed by atoms with Crippen LogP contribution in [0.15, 0.2) is 24.3 Å². The largest absolute Gasteiger partial charge is 0.364 e. The first-order valence-electron chi connectivity index (χ1n) is 6.12. The third-order valence-electron chi connectivity index (χ3n) is 2.55. The number of carbonyl (C=O) groups is 1. The predicted octanol–water partition coefficient (Wildman–Crippen LogP) is 3.05. The predicted molar refractivity (Wildman–Crippen MR) is 68.8 cm³/mol. The summed E-state index contributed by atoms with van der Waals surface area (Å²) in [6, 6.07) is 7.66. The van der Waals surface area contributed by atoms with Gasteiger partial charge in [0.1, 0.15) is 0 Å². The van der Waals surface area contributed by atoms with Gasteiger partial charge in [-0.05, 0) is 24.5 Å². The first-order valence-corrected chi connectivity index (χ1v) is 6.12. The fourth-order valence-electron chi connectivity index (χ4n) is 1.72. The Morgan fingerprint density at radius 2 is 1.94 bits per heavy atom. The molecule has 0 N–H and O–H groups in total. The molecule has 0 radical (unpaired) electrons. The summed E-state index contributed by atoms with van der Waals surface area (Å²) in [5.41, 5.74) is 1.75. The molecular formula is C14H21NO2. The second kappa shape index (κ2) is 7.07. The van der Waals surface area contributed by atoms with Crippen LogP contribution in [0, 0.1) is 0 Å². The van der Waals surface area contributed by atoms with E-state index in [4.69, 9.17) is 4.84 Å². The molecular weight excluding hydrogens is 214 g/mol. The van der Waals surface area contributed by atoms with E-state index in [0.29, 0.717) is 5.56 Å². The third kappa shape index (κ3) is 4.57. The lowest BCUT2D eigenvalue weighted by molar-refractivity contribution is -0.0714. The maximum atomic E-state index is 11.8. The van der Waals surface area contributed by atoms with Gasteiger partial charge in [0, 0.05) is 14.1 Å². The van der Waals surface area contributed by atoms with Gasteiger partial charge in [0.05, 0.1) is 5.56 Å². The molecule has 17 heavy (non-hydrogen) atoms. The summed E-state index contributed by atoms with van der Waals surface area (Å²) in [7, 11) is 3.41. The first kappa shape index (κ1) is 13.7. The molecule has 0 bridgehead atoms. The van der Waals surface area contributed by atoms with Crippen molar-refractivity contribution in [1.82, 2.24) is 5.06 Å². The lowest BCUT2D eigenvalue weighted by atomic mass is 10.0. The SMILES string of the molecule is CCCCCc1ccccc1C(=O)ON(C)C. The van der Waals surface area contributed by atoms with Gasteiger partial charge in [0.25, 0.3) is 0 Å². The second-order valence-corrected chi connectivity index (χ2v) is 4.31. The van der Waals surface area contributed by atoms with E-state index in [-0.39, 0.29) is 5.97 Å². The van der Waals surface area contributed by atoms with Gasteiger partial charge in [0.2, 0.25) is 0 Å². The zero-order chi connectivity index (χ0) is 12.7. The number of hydrogen-bond acceptors (Lipinski definition) is 3. The van der Waals surface area contributed by atoms with Crippen LogP contribution in [0.2, 0.25) is 0 Å². The van der Waals surface area contributed by atoms with Crippen LogP contribution in [-0.2, 0) is 11.3 Å². The van der Waals surface area contributed by atoms with Gasteiger partial charge in [-0.1, -0.05) is 38.0 Å². The Kier molecular flexibility index (Phi) is 5.70. The van der Waals surface area contributed by atoms with E-state index in [9.17, 15) is 4.79 Å². The van der Waals surface area contributed by atoms with E-state index in [1.807, 2.05) is 24.3 Å². The lowest BCUT2D eigenvalue weighted by Crippen LogP contribution is -2.19. The van der Waals surface area contributed by atoms with Gasteiger partial charge in [0.15, 0.2) is 0 Å². The lowest BCUT2D eigenvalue weighted by Gasteiger charge is -2.12. The molecule has 3 nitrogen and oxygen atoms in total. The van der Waals surface area contributed by atoms with Crippen molar-refractivity contribution in [3.63, 3.8) is 0 Å². The van der Waals surface area contributed by atoms with Crippen molar-refractivity contribution in [3.05, 3.63) is 35.4 Å². The molecule has 0 aliphatic heterocycles. The smallest absolute Gasteiger partial charge is 0.357 e. The molecule has 0 saturated carbocycles. The van der Waals surface area contributed by atoms with Crippen LogP contribution < -0.4 is 0 Å². The highest BCUT2D eigenvalue weighted by atomic mass is 16.7. The van der Waals surface area contributed by atoms with Crippen molar-refractivity contribution in [2.45, 2.75) is 32.6 Å². The highest BCUT2D eigenvalue weighted by molar-refractivity contribution is 5.90. The minimum absolute atomic E-state index is 0.276. The van der Waals surface area contributed by atoms with Gasteiger partial charge in [-0.15, -0.1) is 5.06 Å². The topological polar surface area (TPSA) is 29.5 Å². The standard InChI is InChI=1S/C14H21NO2/c1-4-5-6-9-12-10-7-8-11-13(12)14(16)17-15(2)3/h7-8,10-11H,4-6,9H2,1-3H3. The number of nitrogens with zero attached hydrogens (tertiary/aromatic N) is 1. The summed E-state index contributed by atoms with van der Waals surface area (Å²) in [6.45, 7) is 2.17. The highest BCUT2D eigenvalue weighted by Crippen LogP contribution is 2.14. The molecule has 0 spiro atoms. The van der Waals surface area contributed by atoms with Crippen molar-refractivity contribution in [1.29, 1.82) is 0 Å². The third-order valence-corrected chi connectivity index (χ3v) is 2.55. The number of carbonyl (C=O) groups excluding carboxylic acids is 1. The highest BCUT2D eigenvalue weighted by Gasteiger charge is 2.12. The average Bonchev–Trinajstić information content (AvgIpc) is 2.29. The molecule has 0 amide bonds. The Morgan fingerprint density at radius 1 is 1.24 bits per heavy atom. The zero-order valence-corrected chi connectivity index (χ0v) is 10.9. The summed E-state index contributed by atoms with van der Waals surface area (Å²) in [5.74, 6) is -0.276. The molecule has 1 rings (SSSR count). The van der Waals surface area contributed by atoms with Crippen LogP contribution >= 0.6 is 0 Å². The summed E-state index contributed by atoms with van der Waals surface area (Å²) in [4.78, 5) is 16.9. The first-order chi connectivity index (χ1) is 8.15. The quantitative estimate of drug-likeness (QED) is 0.560. The Labute approximate surface area is 103 Å². The van der Waals surface area contributed by atoms with E-state index in [1.54, 1.807) is 14.1 Å². The number of unbranched alkanes of at least 4 members (excludes halogenated alkanes) is 2. The fourth-order valence-corrected chi connectivity index (χ4v) is 1.72. The normalized spacial score (nSPS) is 10.6. The maximum absolute atomic E-state index is 11.8. The van der Waals surface area contributed by atoms with Gasteiger partial charge in [-0.3, -0.25) is 0 Å². The summed E-state index contributed by atoms with van der Waals surface area (Å²) >= 11 is 0. The second-order valence-electron chi connectivity index (χ2n) is 4.31. The minimum Gasteiger partial charge on any atom is -0.364 e. The van der Waals surface area contributed by atoms with Crippen LogP contribution in [-0.4, -0.2) is 25.1 Å². The molecule has 1 aromatic carbocycles. The Morgan fingerprint density at radius 3 is 2.59 bits per heavy atom. The number of hydrogen-bond donors (Lipinski definition) is 0. The summed E-state index contributed by atoms with van der Waals surface area (Å²) in [5, 5.41) is 1.42. The van der Waals surface area contributed by atoms with Gasteiger partial charge in [-0.25, -0.2) is 4.79 Å². The fraction of sp³-hybridized carbons (Fsp3) is 0.500. The van der Waals surface area contributed by atoms with Crippen LogP contribution in [0.5, 0.6) is 0 Å². The number of benzene rings is 1. The molecule has 0 unspecified atom stereocenters. The molecule has 0 aliphatic rings.